The molecule has 1 nitrogen and oxygen atoms in total. The van der Waals surface area contributed by atoms with Gasteiger partial charge in [0.25, 0.3) is 0 Å². The predicted molar refractivity (Wildman–Crippen MR) is 53.2 cm³/mol. The molecule has 0 bridgehead atoms. The van der Waals surface area contributed by atoms with E-state index in [1.54, 1.807) is 0 Å². The Balaban J connectivity index is -0.000000500. The van der Waals surface area contributed by atoms with Crippen molar-refractivity contribution in [1.29, 1.82) is 0 Å². The summed E-state index contributed by atoms with van der Waals surface area (Å²) in [6.07, 6.45) is 10.1. The van der Waals surface area contributed by atoms with Crippen LogP contribution in [0.1, 0.15) is 58.3 Å². The second-order valence-corrected chi connectivity index (χ2v) is 3.18. The van der Waals surface area contributed by atoms with E-state index in [9.17, 15) is 5.11 Å². The summed E-state index contributed by atoms with van der Waals surface area (Å²) in [5.74, 6) is 0. The fourth-order valence-corrected chi connectivity index (χ4v) is 1.24. The van der Waals surface area contributed by atoms with E-state index >= 15 is 0 Å². The molecule has 13 heavy (non-hydrogen) atoms. The Morgan fingerprint density at radius 3 is 1.54 bits per heavy atom. The third-order valence-electron chi connectivity index (χ3n) is 2.00. The van der Waals surface area contributed by atoms with Gasteiger partial charge in [-0.25, -0.2) is 0 Å². The first-order chi connectivity index (χ1) is 5.41. The molecule has 0 aromatic heterocycles. The molecule has 0 spiro atoms. The summed E-state index contributed by atoms with van der Waals surface area (Å²) in [5, 5.41) is 10.1. The quantitative estimate of drug-likeness (QED) is 0.411. The molecule has 0 saturated carbocycles. The number of rotatable bonds is 8. The number of hydrogen-bond donors (Lipinski definition) is 0. The van der Waals surface area contributed by atoms with Crippen LogP contribution in [0.3, 0.4) is 0 Å². The van der Waals surface area contributed by atoms with Crippen LogP contribution in [0.25, 0.3) is 0 Å². The van der Waals surface area contributed by atoms with Crippen molar-refractivity contribution in [2.24, 2.45) is 0 Å². The van der Waals surface area contributed by atoms with Gasteiger partial charge in [-0.15, -0.1) is 6.61 Å². The Morgan fingerprint density at radius 2 is 1.15 bits per heavy atom. The van der Waals surface area contributed by atoms with Crippen molar-refractivity contribution >= 4 is 23.1 Å². The van der Waals surface area contributed by atoms with Crippen molar-refractivity contribution in [1.82, 2.24) is 0 Å². The Kier molecular flexibility index (Phi) is 28.7. The molecule has 0 rings (SSSR count). The van der Waals surface area contributed by atoms with E-state index in [1.807, 2.05) is 0 Å². The van der Waals surface area contributed by atoms with Gasteiger partial charge in [0.15, 0.2) is 0 Å². The van der Waals surface area contributed by atoms with Gasteiger partial charge in [-0.05, 0) is 0 Å². The Hall–Kier alpha value is 1.21. The molecule has 0 aromatic rings. The maximum absolute atomic E-state index is 10.1. The second kappa shape index (κ2) is 18.9. The van der Waals surface area contributed by atoms with Crippen LogP contribution >= 0.6 is 0 Å². The van der Waals surface area contributed by atoms with E-state index < -0.39 is 0 Å². The van der Waals surface area contributed by atoms with Gasteiger partial charge in [-0.1, -0.05) is 58.3 Å². The fourth-order valence-electron chi connectivity index (χ4n) is 1.24. The summed E-state index contributed by atoms with van der Waals surface area (Å²) < 4.78 is 0. The molecule has 0 aliphatic heterocycles. The van der Waals surface area contributed by atoms with Gasteiger partial charge < -0.3 is 22.1 Å². The second-order valence-electron chi connectivity index (χ2n) is 3.18. The maximum atomic E-state index is 10.1. The minimum Gasteiger partial charge on any atom is -1.00 e. The zero-order valence-electron chi connectivity index (χ0n) is 8.86. The third-order valence-corrected chi connectivity index (χ3v) is 2.00. The average Bonchev–Trinajstić information content (AvgIpc) is 2.03. The van der Waals surface area contributed by atoms with Gasteiger partial charge in [-0.3, -0.25) is 0 Å². The van der Waals surface area contributed by atoms with Crippen molar-refractivity contribution in [3.05, 3.63) is 0 Å². The number of unbranched alkanes of at least 4 members (excludes halogenated alkanes) is 7. The van der Waals surface area contributed by atoms with E-state index in [-0.39, 0.29) is 46.6 Å². The van der Waals surface area contributed by atoms with Crippen molar-refractivity contribution in [3.63, 3.8) is 0 Å². The molecule has 0 unspecified atom stereocenters. The summed E-state index contributed by atoms with van der Waals surface area (Å²) in [5.41, 5.74) is 0. The molecule has 0 N–H and O–H groups in total. The zero-order chi connectivity index (χ0) is 8.36. The molecule has 0 saturated heterocycles. The summed E-state index contributed by atoms with van der Waals surface area (Å²) in [6, 6.07) is 0. The van der Waals surface area contributed by atoms with E-state index in [0.717, 1.165) is 12.8 Å². The normalized spacial score (nSPS) is 8.77. The van der Waals surface area contributed by atoms with Crippen molar-refractivity contribution in [2.75, 3.05) is 6.61 Å². The summed E-state index contributed by atoms with van der Waals surface area (Å²) in [7, 11) is 0. The molecule has 0 fully saturated rings. The van der Waals surface area contributed by atoms with Crippen molar-refractivity contribution in [2.45, 2.75) is 58.3 Å². The van der Waals surface area contributed by atoms with Crippen LogP contribution in [0.5, 0.6) is 0 Å². The van der Waals surface area contributed by atoms with E-state index in [2.05, 4.69) is 6.92 Å². The first-order valence-electron chi connectivity index (χ1n) is 5.00. The molecule has 0 aromatic carbocycles. The molecular weight excluding hydrogens is 240 g/mol. The first kappa shape index (κ1) is 19.7. The smallest absolute Gasteiger partial charge is 1.00 e. The van der Waals surface area contributed by atoms with Crippen molar-refractivity contribution in [3.8, 4) is 0 Å². The average molecular weight is 261 g/mol. The fraction of sp³-hybridized carbons (Fsp3) is 1.00. The van der Waals surface area contributed by atoms with Gasteiger partial charge in [-0.2, -0.15) is 0 Å². The van der Waals surface area contributed by atoms with Gasteiger partial charge in [0.05, 0.1) is 0 Å². The van der Waals surface area contributed by atoms with Gasteiger partial charge in [0.2, 0.25) is 0 Å². The minimum absolute atomic E-state index is 0. The van der Waals surface area contributed by atoms with E-state index in [4.69, 9.17) is 0 Å². The van der Waals surface area contributed by atoms with Crippen LogP contribution < -0.4 is 22.1 Å². The predicted octanol–water partition coefficient (Wildman–Crippen LogP) is -0.889. The summed E-state index contributed by atoms with van der Waals surface area (Å²) in [4.78, 5) is 0. The Labute approximate surface area is 110 Å². The zero-order valence-corrected chi connectivity index (χ0v) is 11.9. The van der Waals surface area contributed by atoms with Crippen molar-refractivity contribution < 1.29 is 22.1 Å². The van der Waals surface area contributed by atoms with Gasteiger partial charge in [0, 0.05) is 0 Å². The van der Waals surface area contributed by atoms with Gasteiger partial charge in [0.1, 0.15) is 0 Å². The van der Waals surface area contributed by atoms with Crippen LogP contribution in [-0.4, -0.2) is 29.7 Å². The molecule has 0 heterocycles. The minimum atomic E-state index is 0. The van der Waals surface area contributed by atoms with Crippen LogP contribution in [0, 0.1) is 0 Å². The number of hydrogen-bond acceptors (Lipinski definition) is 1. The van der Waals surface area contributed by atoms with Crippen LogP contribution in [-0.2, 0) is 0 Å². The molecular formula is C10H21BrMgO. The van der Waals surface area contributed by atoms with Crippen LogP contribution in [0.4, 0.5) is 0 Å². The van der Waals surface area contributed by atoms with E-state index in [1.165, 1.54) is 38.5 Å². The van der Waals surface area contributed by atoms with Gasteiger partial charge >= 0.3 is 23.1 Å². The molecule has 0 amide bonds. The SMILES string of the molecule is CCCCCCCCCC[O-].[Br-].[Mg+2]. The molecule has 76 valence electrons. The van der Waals surface area contributed by atoms with E-state index in [0.29, 0.717) is 0 Å². The Bertz CT molecular complexity index is 63.9. The monoisotopic (exact) mass is 260 g/mol. The summed E-state index contributed by atoms with van der Waals surface area (Å²) >= 11 is 0. The molecule has 0 aliphatic rings. The van der Waals surface area contributed by atoms with Crippen LogP contribution in [0.15, 0.2) is 0 Å². The third kappa shape index (κ3) is 19.6. The van der Waals surface area contributed by atoms with Crippen LogP contribution in [0.2, 0.25) is 0 Å². The number of halogens is 1. The largest absolute Gasteiger partial charge is 2.00 e. The molecule has 0 radical (unpaired) electrons. The molecule has 3 heteroatoms. The maximum Gasteiger partial charge on any atom is 2.00 e. The molecule has 0 aliphatic carbocycles. The first-order valence-corrected chi connectivity index (χ1v) is 5.00. The standard InChI is InChI=1S/C10H21O.BrH.Mg/c1-2-3-4-5-6-7-8-9-10-11;;/h2-10H2,1H3;1H;/q-1;;+2/p-1. The molecule has 0 atom stereocenters. The Morgan fingerprint density at radius 1 is 0.769 bits per heavy atom. The topological polar surface area (TPSA) is 23.1 Å². The summed E-state index contributed by atoms with van der Waals surface area (Å²) in [6.45, 7) is 2.35.